The van der Waals surface area contributed by atoms with Gasteiger partial charge in [-0.1, -0.05) is 11.6 Å². The molecule has 0 amide bonds. The van der Waals surface area contributed by atoms with Crippen LogP contribution >= 0.6 is 47.8 Å². The second-order valence-corrected chi connectivity index (χ2v) is 7.30. The number of nitrogens with one attached hydrogen (secondary N) is 1. The van der Waals surface area contributed by atoms with E-state index in [2.05, 4.69) is 20.3 Å². The first-order chi connectivity index (χ1) is 10.9. The molecule has 10 heteroatoms. The smallest absolute Gasteiger partial charge is 0.252 e. The molecule has 0 bridgehead atoms. The molecule has 0 spiro atoms. The van der Waals surface area contributed by atoms with Crippen LogP contribution in [0.5, 0.6) is 0 Å². The van der Waals surface area contributed by atoms with Gasteiger partial charge in [0.1, 0.15) is 17.0 Å². The van der Waals surface area contributed by atoms with Crippen LogP contribution < -0.4 is 5.32 Å². The standard InChI is InChI=1S/C15H13ClF2N4S.2ClH/c1-6-9-11-12(23-14(9)21-7(2)10(6)16)13(20-5-19-11)22-8-3-15(17,18)4-8;;/h5,8H,3-4H2,1-2H3,(H,19,20,22);2*1H. The van der Waals surface area contributed by atoms with E-state index < -0.39 is 5.92 Å². The van der Waals surface area contributed by atoms with Gasteiger partial charge in [0.05, 0.1) is 20.9 Å². The lowest BCUT2D eigenvalue weighted by Crippen LogP contribution is -2.44. The van der Waals surface area contributed by atoms with Crippen molar-refractivity contribution in [3.63, 3.8) is 0 Å². The van der Waals surface area contributed by atoms with Crippen LogP contribution in [0.1, 0.15) is 24.1 Å². The number of pyridine rings is 1. The van der Waals surface area contributed by atoms with Crippen LogP contribution in [0.2, 0.25) is 5.02 Å². The SMILES string of the molecule is Cc1nc2sc3c(NC4CC(F)(F)C4)ncnc3c2c(C)c1Cl.Cl.Cl. The molecule has 4 rings (SSSR count). The lowest BCUT2D eigenvalue weighted by Gasteiger charge is -2.35. The molecule has 136 valence electrons. The molecule has 1 aliphatic rings. The maximum Gasteiger partial charge on any atom is 0.252 e. The third kappa shape index (κ3) is 3.35. The van der Waals surface area contributed by atoms with Crippen LogP contribution in [0.25, 0.3) is 20.4 Å². The summed E-state index contributed by atoms with van der Waals surface area (Å²) in [5.74, 6) is -1.97. The van der Waals surface area contributed by atoms with E-state index in [0.29, 0.717) is 10.8 Å². The van der Waals surface area contributed by atoms with Crippen molar-refractivity contribution in [2.75, 3.05) is 5.32 Å². The zero-order valence-electron chi connectivity index (χ0n) is 13.3. The van der Waals surface area contributed by atoms with E-state index in [0.717, 1.165) is 31.7 Å². The number of anilines is 1. The van der Waals surface area contributed by atoms with E-state index in [-0.39, 0.29) is 43.7 Å². The fraction of sp³-hybridized carbons (Fsp3) is 0.400. The highest BCUT2D eigenvalue weighted by Crippen LogP contribution is 2.42. The Morgan fingerprint density at radius 2 is 1.92 bits per heavy atom. The van der Waals surface area contributed by atoms with Gasteiger partial charge in [-0.3, -0.25) is 0 Å². The van der Waals surface area contributed by atoms with Crippen LogP contribution in [0, 0.1) is 13.8 Å². The summed E-state index contributed by atoms with van der Waals surface area (Å²) >= 11 is 7.76. The van der Waals surface area contributed by atoms with Gasteiger partial charge in [0.25, 0.3) is 5.92 Å². The van der Waals surface area contributed by atoms with Gasteiger partial charge in [0, 0.05) is 24.3 Å². The van der Waals surface area contributed by atoms with E-state index in [1.165, 1.54) is 17.7 Å². The van der Waals surface area contributed by atoms with Crippen molar-refractivity contribution in [3.8, 4) is 0 Å². The van der Waals surface area contributed by atoms with Gasteiger partial charge in [-0.15, -0.1) is 36.2 Å². The van der Waals surface area contributed by atoms with Crippen LogP contribution in [-0.4, -0.2) is 26.9 Å². The highest BCUT2D eigenvalue weighted by molar-refractivity contribution is 7.26. The summed E-state index contributed by atoms with van der Waals surface area (Å²) in [7, 11) is 0. The monoisotopic (exact) mass is 426 g/mol. The first-order valence-electron chi connectivity index (χ1n) is 7.20. The van der Waals surface area contributed by atoms with Gasteiger partial charge >= 0.3 is 0 Å². The zero-order valence-corrected chi connectivity index (χ0v) is 16.5. The summed E-state index contributed by atoms with van der Waals surface area (Å²) in [4.78, 5) is 13.9. The Bertz CT molecular complexity index is 940. The van der Waals surface area contributed by atoms with Crippen molar-refractivity contribution < 1.29 is 8.78 Å². The maximum atomic E-state index is 13.0. The zero-order chi connectivity index (χ0) is 16.4. The molecule has 0 atom stereocenters. The average molecular weight is 428 g/mol. The average Bonchev–Trinajstić information content (AvgIpc) is 2.82. The van der Waals surface area contributed by atoms with E-state index in [1.807, 2.05) is 13.8 Å². The second kappa shape index (κ2) is 6.95. The number of thiophene rings is 1. The van der Waals surface area contributed by atoms with Crippen molar-refractivity contribution in [2.24, 2.45) is 0 Å². The molecule has 1 saturated carbocycles. The lowest BCUT2D eigenvalue weighted by molar-refractivity contribution is -0.0793. The number of hydrogen-bond acceptors (Lipinski definition) is 5. The number of fused-ring (bicyclic) bond motifs is 3. The van der Waals surface area contributed by atoms with Crippen molar-refractivity contribution in [1.29, 1.82) is 0 Å². The molecule has 0 aliphatic heterocycles. The quantitative estimate of drug-likeness (QED) is 0.581. The summed E-state index contributed by atoms with van der Waals surface area (Å²) in [6, 6.07) is -0.257. The molecule has 4 nitrogen and oxygen atoms in total. The Hall–Kier alpha value is -1.02. The molecule has 3 aromatic heterocycles. The summed E-state index contributed by atoms with van der Waals surface area (Å²) in [6.07, 6.45) is 1.12. The highest BCUT2D eigenvalue weighted by Gasteiger charge is 2.45. The van der Waals surface area contributed by atoms with Crippen LogP contribution in [-0.2, 0) is 0 Å². The Balaban J connectivity index is 0.00000113. The summed E-state index contributed by atoms with van der Waals surface area (Å²) in [6.45, 7) is 3.80. The Labute approximate surface area is 164 Å². The Morgan fingerprint density at radius 1 is 1.24 bits per heavy atom. The number of aromatic nitrogens is 3. The van der Waals surface area contributed by atoms with Crippen LogP contribution in [0.4, 0.5) is 14.6 Å². The minimum absolute atomic E-state index is 0. The van der Waals surface area contributed by atoms with Gasteiger partial charge in [0.15, 0.2) is 0 Å². The molecule has 3 heterocycles. The topological polar surface area (TPSA) is 50.7 Å². The van der Waals surface area contributed by atoms with E-state index >= 15 is 0 Å². The highest BCUT2D eigenvalue weighted by atomic mass is 35.5. The third-order valence-corrected chi connectivity index (χ3v) is 5.81. The van der Waals surface area contributed by atoms with Gasteiger partial charge in [-0.2, -0.15) is 0 Å². The van der Waals surface area contributed by atoms with Gasteiger partial charge in [0.2, 0.25) is 0 Å². The minimum atomic E-state index is -2.56. The molecule has 3 aromatic rings. The van der Waals surface area contributed by atoms with Gasteiger partial charge in [-0.25, -0.2) is 23.7 Å². The predicted molar refractivity (Wildman–Crippen MR) is 103 cm³/mol. The van der Waals surface area contributed by atoms with E-state index in [1.54, 1.807) is 0 Å². The predicted octanol–water partition coefficient (Wildman–Crippen LogP) is 5.56. The maximum absolute atomic E-state index is 13.0. The number of hydrogen-bond donors (Lipinski definition) is 1. The largest absolute Gasteiger partial charge is 0.366 e. The normalized spacial score (nSPS) is 16.2. The fourth-order valence-corrected chi connectivity index (χ4v) is 4.28. The molecular formula is C15H15Cl3F2N4S. The van der Waals surface area contributed by atoms with Gasteiger partial charge < -0.3 is 5.32 Å². The molecule has 1 fully saturated rings. The van der Waals surface area contributed by atoms with Crippen LogP contribution in [0.3, 0.4) is 0 Å². The second-order valence-electron chi connectivity index (χ2n) is 5.92. The summed E-state index contributed by atoms with van der Waals surface area (Å²) < 4.78 is 26.9. The number of aryl methyl sites for hydroxylation is 2. The fourth-order valence-electron chi connectivity index (χ4n) is 2.96. The molecule has 0 unspecified atom stereocenters. The Kier molecular flexibility index (Phi) is 5.64. The first kappa shape index (κ1) is 20.3. The van der Waals surface area contributed by atoms with Crippen molar-refractivity contribution in [3.05, 3.63) is 22.6 Å². The number of nitrogens with zero attached hydrogens (tertiary/aromatic N) is 3. The molecule has 25 heavy (non-hydrogen) atoms. The summed E-state index contributed by atoms with van der Waals surface area (Å²) in [5.41, 5.74) is 2.46. The Morgan fingerprint density at radius 3 is 2.56 bits per heavy atom. The summed E-state index contributed by atoms with van der Waals surface area (Å²) in [5, 5.41) is 4.64. The van der Waals surface area contributed by atoms with E-state index in [9.17, 15) is 8.78 Å². The van der Waals surface area contributed by atoms with Crippen LogP contribution in [0.15, 0.2) is 6.33 Å². The van der Waals surface area contributed by atoms with Crippen molar-refractivity contribution in [1.82, 2.24) is 15.0 Å². The number of halogens is 5. The van der Waals surface area contributed by atoms with Gasteiger partial charge in [-0.05, 0) is 19.4 Å². The molecule has 1 aliphatic carbocycles. The van der Waals surface area contributed by atoms with Crippen molar-refractivity contribution in [2.45, 2.75) is 38.7 Å². The molecule has 1 N–H and O–H groups in total. The molecule has 0 radical (unpaired) electrons. The lowest BCUT2D eigenvalue weighted by atomic mass is 9.88. The first-order valence-corrected chi connectivity index (χ1v) is 8.39. The minimum Gasteiger partial charge on any atom is -0.366 e. The third-order valence-electron chi connectivity index (χ3n) is 4.18. The molecule has 0 aromatic carbocycles. The molecule has 0 saturated heterocycles. The van der Waals surface area contributed by atoms with Crippen molar-refractivity contribution >= 4 is 74.0 Å². The number of rotatable bonds is 2. The van der Waals surface area contributed by atoms with E-state index in [4.69, 9.17) is 11.6 Å². The number of alkyl halides is 2. The molecular weight excluding hydrogens is 413 g/mol.